The highest BCUT2D eigenvalue weighted by atomic mass is 35.5. The van der Waals surface area contributed by atoms with Gasteiger partial charge in [-0.3, -0.25) is 9.78 Å². The van der Waals surface area contributed by atoms with Crippen LogP contribution in [0.1, 0.15) is 48.2 Å². The number of nitrogens with one attached hydrogen (secondary N) is 1. The van der Waals surface area contributed by atoms with Gasteiger partial charge in [0, 0.05) is 43.2 Å². The van der Waals surface area contributed by atoms with Gasteiger partial charge >= 0.3 is 0 Å². The van der Waals surface area contributed by atoms with Crippen LogP contribution in [0.15, 0.2) is 59.8 Å². The van der Waals surface area contributed by atoms with Crippen LogP contribution in [0.4, 0.5) is 0 Å². The molecule has 1 fully saturated rings. The molecule has 1 aromatic carbocycles. The second kappa shape index (κ2) is 13.5. The van der Waals surface area contributed by atoms with Crippen molar-refractivity contribution in [3.05, 3.63) is 81.2 Å². The first kappa shape index (κ1) is 30.5. The average Bonchev–Trinajstić information content (AvgIpc) is 2.91. The molecule has 1 amide bonds. The summed E-state index contributed by atoms with van der Waals surface area (Å²) in [5.74, 6) is 0.287. The Balaban J connectivity index is 1.37. The number of aromatic nitrogens is 2. The molecule has 0 saturated carbocycles. The first-order chi connectivity index (χ1) is 19.0. The lowest BCUT2D eigenvalue weighted by Crippen LogP contribution is -2.43. The number of hydrogen-bond acceptors (Lipinski definition) is 7. The monoisotopic (exact) mass is 624 g/mol. The van der Waals surface area contributed by atoms with Crippen molar-refractivity contribution in [1.29, 1.82) is 0 Å². The van der Waals surface area contributed by atoms with E-state index in [1.54, 1.807) is 30.3 Å². The van der Waals surface area contributed by atoms with E-state index >= 15 is 0 Å². The van der Waals surface area contributed by atoms with Gasteiger partial charge < -0.3 is 15.0 Å². The molecule has 0 bridgehead atoms. The van der Waals surface area contributed by atoms with Crippen molar-refractivity contribution in [3.8, 4) is 5.88 Å². The van der Waals surface area contributed by atoms with Crippen LogP contribution < -0.4 is 10.1 Å². The number of rotatable bonds is 10. The van der Waals surface area contributed by atoms with E-state index in [1.165, 1.54) is 18.6 Å². The van der Waals surface area contributed by atoms with E-state index in [2.05, 4.69) is 27.1 Å². The molecule has 214 valence electrons. The van der Waals surface area contributed by atoms with Crippen molar-refractivity contribution in [2.45, 2.75) is 43.2 Å². The highest BCUT2D eigenvalue weighted by Gasteiger charge is 2.31. The normalized spacial score (nSPS) is 16.3. The molecule has 1 N–H and O–H groups in total. The SMILES string of the molecule is CC(CCNC(=O)c1c(Cl)cncc1Cl)N1CCC(C(Oc2cccc(Cl)n2)c2ccc(S(C)(=O)=O)cc2)CC1. The molecule has 1 aliphatic heterocycles. The molecule has 8 nitrogen and oxygen atoms in total. The minimum Gasteiger partial charge on any atom is -0.469 e. The van der Waals surface area contributed by atoms with Crippen LogP contribution in [-0.4, -0.2) is 61.1 Å². The number of hydrogen-bond donors (Lipinski definition) is 1. The minimum absolute atomic E-state index is 0.184. The van der Waals surface area contributed by atoms with E-state index in [9.17, 15) is 13.2 Å². The van der Waals surface area contributed by atoms with Crippen molar-refractivity contribution in [1.82, 2.24) is 20.2 Å². The van der Waals surface area contributed by atoms with E-state index < -0.39 is 9.84 Å². The minimum atomic E-state index is -3.30. The maximum atomic E-state index is 12.6. The van der Waals surface area contributed by atoms with Crippen LogP contribution in [0.3, 0.4) is 0 Å². The summed E-state index contributed by atoms with van der Waals surface area (Å²) in [6.07, 6.45) is 6.18. The molecule has 3 heterocycles. The van der Waals surface area contributed by atoms with Crippen LogP contribution in [0.5, 0.6) is 5.88 Å². The van der Waals surface area contributed by atoms with Crippen molar-refractivity contribution < 1.29 is 17.9 Å². The number of halogens is 3. The number of pyridine rings is 2. The van der Waals surface area contributed by atoms with Gasteiger partial charge in [-0.25, -0.2) is 13.4 Å². The van der Waals surface area contributed by atoms with Crippen LogP contribution in [0, 0.1) is 5.92 Å². The topological polar surface area (TPSA) is 101 Å². The van der Waals surface area contributed by atoms with Crippen LogP contribution in [-0.2, 0) is 9.84 Å². The molecule has 0 radical (unpaired) electrons. The number of nitrogens with zero attached hydrogens (tertiary/aromatic N) is 3. The molecule has 1 aliphatic rings. The zero-order valence-corrected chi connectivity index (χ0v) is 25.3. The molecule has 2 aromatic heterocycles. The van der Waals surface area contributed by atoms with E-state index in [0.29, 0.717) is 17.6 Å². The maximum Gasteiger partial charge on any atom is 0.254 e. The average molecular weight is 626 g/mol. The molecule has 0 aliphatic carbocycles. The summed E-state index contributed by atoms with van der Waals surface area (Å²) in [7, 11) is -3.30. The second-order valence-electron chi connectivity index (χ2n) is 9.92. The number of benzene rings is 1. The molecule has 4 rings (SSSR count). The number of ether oxygens (including phenoxy) is 1. The summed E-state index contributed by atoms with van der Waals surface area (Å²) in [4.78, 5) is 23.4. The van der Waals surface area contributed by atoms with Crippen LogP contribution in [0.25, 0.3) is 0 Å². The Kier molecular flexibility index (Phi) is 10.3. The Morgan fingerprint density at radius 3 is 2.33 bits per heavy atom. The number of likely N-dealkylation sites (tertiary alicyclic amines) is 1. The lowest BCUT2D eigenvalue weighted by molar-refractivity contribution is 0.0580. The van der Waals surface area contributed by atoms with Crippen LogP contribution in [0.2, 0.25) is 15.2 Å². The standard InChI is InChI=1S/C28H31Cl3N4O4S/c1-18(10-13-33-28(36)26-22(29)16-32-17-23(26)30)35-14-11-20(12-15-35)27(39-25-5-3-4-24(31)34-25)19-6-8-21(9-7-19)40(2,37)38/h3-9,16-18,20,27H,10-15H2,1-2H3,(H,33,36). The van der Waals surface area contributed by atoms with Crippen LogP contribution >= 0.6 is 34.8 Å². The van der Waals surface area contributed by atoms with Crippen molar-refractivity contribution in [2.75, 3.05) is 25.9 Å². The summed E-state index contributed by atoms with van der Waals surface area (Å²) >= 11 is 18.3. The number of sulfone groups is 1. The van der Waals surface area contributed by atoms with Gasteiger partial charge in [0.2, 0.25) is 5.88 Å². The van der Waals surface area contributed by atoms with Gasteiger partial charge in [-0.15, -0.1) is 0 Å². The third-order valence-corrected chi connectivity index (χ3v) is 9.04. The lowest BCUT2D eigenvalue weighted by Gasteiger charge is -2.39. The summed E-state index contributed by atoms with van der Waals surface area (Å²) in [6, 6.07) is 12.3. The van der Waals surface area contributed by atoms with Gasteiger partial charge in [-0.2, -0.15) is 0 Å². The van der Waals surface area contributed by atoms with Gasteiger partial charge in [-0.05, 0) is 63.0 Å². The molecule has 1 saturated heterocycles. The van der Waals surface area contributed by atoms with Crippen molar-refractivity contribution >= 4 is 50.5 Å². The Hall–Kier alpha value is -2.43. The number of carbonyl (C=O) groups excluding carboxylic acids is 1. The first-order valence-electron chi connectivity index (χ1n) is 12.9. The summed E-state index contributed by atoms with van der Waals surface area (Å²) in [5, 5.41) is 3.68. The number of piperidine rings is 1. The largest absolute Gasteiger partial charge is 0.469 e. The highest BCUT2D eigenvalue weighted by Crippen LogP contribution is 2.36. The van der Waals surface area contributed by atoms with E-state index in [1.807, 2.05) is 12.1 Å². The molecule has 3 aromatic rings. The fourth-order valence-electron chi connectivity index (χ4n) is 4.88. The predicted octanol–water partition coefficient (Wildman–Crippen LogP) is 5.88. The molecule has 12 heteroatoms. The molecular weight excluding hydrogens is 595 g/mol. The van der Waals surface area contributed by atoms with Crippen molar-refractivity contribution in [2.24, 2.45) is 5.92 Å². The third kappa shape index (κ3) is 7.85. The lowest BCUT2D eigenvalue weighted by atomic mass is 9.86. The van der Waals surface area contributed by atoms with Crippen molar-refractivity contribution in [3.63, 3.8) is 0 Å². The molecule has 0 spiro atoms. The summed E-state index contributed by atoms with van der Waals surface area (Å²) in [6.45, 7) is 4.33. The maximum absolute atomic E-state index is 12.6. The second-order valence-corrected chi connectivity index (χ2v) is 13.1. The Morgan fingerprint density at radius 1 is 1.07 bits per heavy atom. The van der Waals surface area contributed by atoms with E-state index in [4.69, 9.17) is 39.5 Å². The molecule has 40 heavy (non-hydrogen) atoms. The van der Waals surface area contributed by atoms with Gasteiger partial charge in [0.15, 0.2) is 9.84 Å². The Bertz CT molecular complexity index is 1410. The van der Waals surface area contributed by atoms with E-state index in [-0.39, 0.29) is 44.5 Å². The highest BCUT2D eigenvalue weighted by molar-refractivity contribution is 7.90. The van der Waals surface area contributed by atoms with E-state index in [0.717, 1.165) is 37.9 Å². The summed E-state index contributed by atoms with van der Waals surface area (Å²) in [5.41, 5.74) is 1.12. The third-order valence-electron chi connectivity index (χ3n) is 7.13. The van der Waals surface area contributed by atoms with Gasteiger partial charge in [0.1, 0.15) is 11.3 Å². The fourth-order valence-corrected chi connectivity index (χ4v) is 6.21. The summed E-state index contributed by atoms with van der Waals surface area (Å²) < 4.78 is 30.3. The smallest absolute Gasteiger partial charge is 0.254 e. The zero-order chi connectivity index (χ0) is 28.9. The predicted molar refractivity (Wildman–Crippen MR) is 157 cm³/mol. The fraction of sp³-hybridized carbons (Fsp3) is 0.393. The Labute approximate surface area is 249 Å². The number of amides is 1. The number of carbonyl (C=O) groups is 1. The van der Waals surface area contributed by atoms with Gasteiger partial charge in [0.25, 0.3) is 5.91 Å². The molecule has 2 unspecified atom stereocenters. The quantitative estimate of drug-likeness (QED) is 0.281. The molecular formula is C28H31Cl3N4O4S. The first-order valence-corrected chi connectivity index (χ1v) is 16.0. The zero-order valence-electron chi connectivity index (χ0n) is 22.2. The molecule has 2 atom stereocenters. The Morgan fingerprint density at radius 2 is 1.73 bits per heavy atom. The van der Waals surface area contributed by atoms with Gasteiger partial charge in [0.05, 0.1) is 20.5 Å². The van der Waals surface area contributed by atoms with Gasteiger partial charge in [-0.1, -0.05) is 53.0 Å².